The van der Waals surface area contributed by atoms with Crippen LogP contribution in [0.5, 0.6) is 5.75 Å². The van der Waals surface area contributed by atoms with E-state index in [0.717, 1.165) is 0 Å². The highest BCUT2D eigenvalue weighted by Crippen LogP contribution is 2.37. The molecule has 116 valence electrons. The van der Waals surface area contributed by atoms with Gasteiger partial charge >= 0.3 is 11.9 Å². The van der Waals surface area contributed by atoms with Crippen molar-refractivity contribution in [1.29, 1.82) is 0 Å². The van der Waals surface area contributed by atoms with Crippen LogP contribution >= 0.6 is 0 Å². The summed E-state index contributed by atoms with van der Waals surface area (Å²) >= 11 is 0. The van der Waals surface area contributed by atoms with Crippen LogP contribution in [0.25, 0.3) is 0 Å². The summed E-state index contributed by atoms with van der Waals surface area (Å²) < 4.78 is 10.9. The number of hydrogen-bond acceptors (Lipinski definition) is 5. The molecule has 0 N–H and O–H groups in total. The Labute approximate surface area is 125 Å². The monoisotopic (exact) mass is 294 g/mol. The van der Waals surface area contributed by atoms with Crippen molar-refractivity contribution in [3.8, 4) is 5.75 Å². The summed E-state index contributed by atoms with van der Waals surface area (Å²) in [6.07, 6.45) is 0.702. The molecule has 1 heterocycles. The van der Waals surface area contributed by atoms with E-state index in [-0.39, 0.29) is 5.41 Å². The average Bonchev–Trinajstić information content (AvgIpc) is 3.07. The Kier molecular flexibility index (Phi) is 4.00. The number of para-hydroxylation sites is 1. The van der Waals surface area contributed by atoms with Gasteiger partial charge in [0.05, 0.1) is 0 Å². The Morgan fingerprint density at radius 2 is 1.67 bits per heavy atom. The van der Waals surface area contributed by atoms with Crippen LogP contribution in [0, 0.1) is 5.41 Å². The third kappa shape index (κ3) is 4.44. The van der Waals surface area contributed by atoms with Gasteiger partial charge in [0.25, 0.3) is 0 Å². The summed E-state index contributed by atoms with van der Waals surface area (Å²) in [6, 6.07) is 8.85. The molecule has 1 aliphatic rings. The quantitative estimate of drug-likeness (QED) is 0.473. The first-order chi connectivity index (χ1) is 9.62. The molecule has 1 aliphatic heterocycles. The van der Waals surface area contributed by atoms with Crippen molar-refractivity contribution in [2.45, 2.75) is 52.6 Å². The van der Waals surface area contributed by atoms with Gasteiger partial charge in [-0.3, -0.25) is 0 Å². The second-order valence-corrected chi connectivity index (χ2v) is 7.02. The third-order valence-corrected chi connectivity index (χ3v) is 2.81. The molecule has 0 aromatic heterocycles. The van der Waals surface area contributed by atoms with Crippen LogP contribution in [0.15, 0.2) is 30.3 Å². The molecular formula is C16H22O5. The van der Waals surface area contributed by atoms with E-state index in [0.29, 0.717) is 12.2 Å². The van der Waals surface area contributed by atoms with Crippen LogP contribution in [-0.4, -0.2) is 17.5 Å². The number of hydrogen-bond donors (Lipinski definition) is 0. The van der Waals surface area contributed by atoms with Crippen LogP contribution in [0.4, 0.5) is 0 Å². The summed E-state index contributed by atoms with van der Waals surface area (Å²) in [5.74, 6) is -1.97. The fourth-order valence-corrected chi connectivity index (χ4v) is 2.45. The van der Waals surface area contributed by atoms with E-state index in [1.54, 1.807) is 24.3 Å². The molecule has 5 heteroatoms. The highest BCUT2D eigenvalue weighted by Gasteiger charge is 2.64. The molecule has 0 atom stereocenters. The normalized spacial score (nSPS) is 17.2. The minimum Gasteiger partial charge on any atom is -0.453 e. The maximum Gasteiger partial charge on any atom is 0.484 e. The molecule has 0 spiro atoms. The fraction of sp³-hybridized carbons (Fsp3) is 0.562. The van der Waals surface area contributed by atoms with Crippen LogP contribution in [0.3, 0.4) is 0 Å². The largest absolute Gasteiger partial charge is 0.484 e. The first kappa shape index (κ1) is 15.8. The van der Waals surface area contributed by atoms with Gasteiger partial charge in [-0.05, 0) is 37.8 Å². The van der Waals surface area contributed by atoms with Crippen LogP contribution in [0.1, 0.15) is 41.0 Å². The molecule has 0 aliphatic carbocycles. The molecule has 1 saturated heterocycles. The lowest BCUT2D eigenvalue weighted by atomic mass is 9.83. The fourth-order valence-electron chi connectivity index (χ4n) is 2.45. The van der Waals surface area contributed by atoms with Crippen molar-refractivity contribution < 1.29 is 24.0 Å². The first-order valence-corrected chi connectivity index (χ1v) is 6.96. The highest BCUT2D eigenvalue weighted by molar-refractivity contribution is 5.78. The second-order valence-electron chi connectivity index (χ2n) is 7.02. The lowest BCUT2D eigenvalue weighted by Gasteiger charge is -2.32. The molecule has 5 nitrogen and oxygen atoms in total. The van der Waals surface area contributed by atoms with E-state index in [9.17, 15) is 4.79 Å². The zero-order valence-corrected chi connectivity index (χ0v) is 13.1. The number of esters is 1. The molecule has 1 aromatic carbocycles. The number of carbonyl (C=O) groups is 1. The number of carbonyl (C=O) groups excluding carboxylic acids is 1. The summed E-state index contributed by atoms with van der Waals surface area (Å²) in [5.41, 5.74) is -0.611. The van der Waals surface area contributed by atoms with Gasteiger partial charge in [0.2, 0.25) is 0 Å². The van der Waals surface area contributed by atoms with E-state index >= 15 is 0 Å². The molecule has 0 saturated carbocycles. The summed E-state index contributed by atoms with van der Waals surface area (Å²) in [5, 5.41) is 0. The Morgan fingerprint density at radius 3 is 2.14 bits per heavy atom. The van der Waals surface area contributed by atoms with Crippen LogP contribution < -0.4 is 4.74 Å². The topological polar surface area (TPSA) is 60.6 Å². The third-order valence-electron chi connectivity index (χ3n) is 2.81. The Hall–Kier alpha value is -1.59. The minimum atomic E-state index is -1.77. The smallest absolute Gasteiger partial charge is 0.453 e. The molecule has 0 unspecified atom stereocenters. The van der Waals surface area contributed by atoms with Crippen molar-refractivity contribution in [2.24, 2.45) is 5.41 Å². The minimum absolute atomic E-state index is 0.0303. The predicted octanol–water partition coefficient (Wildman–Crippen LogP) is 3.44. The van der Waals surface area contributed by atoms with E-state index < -0.39 is 17.5 Å². The van der Waals surface area contributed by atoms with Gasteiger partial charge in [-0.2, -0.15) is 0 Å². The Bertz CT molecular complexity index is 497. The van der Waals surface area contributed by atoms with Gasteiger partial charge in [0, 0.05) is 0 Å². The van der Waals surface area contributed by atoms with E-state index in [1.165, 1.54) is 0 Å². The number of ether oxygens (including phenoxy) is 2. The lowest BCUT2D eigenvalue weighted by Crippen LogP contribution is -2.41. The highest BCUT2D eigenvalue weighted by atomic mass is 17.5. The maximum absolute atomic E-state index is 12.2. The molecular weight excluding hydrogens is 272 g/mol. The molecule has 0 amide bonds. The van der Waals surface area contributed by atoms with Crippen molar-refractivity contribution in [1.82, 2.24) is 0 Å². The van der Waals surface area contributed by atoms with E-state index in [4.69, 9.17) is 19.2 Å². The van der Waals surface area contributed by atoms with Crippen molar-refractivity contribution in [3.05, 3.63) is 30.3 Å². The molecule has 0 bridgehead atoms. The Morgan fingerprint density at radius 1 is 1.10 bits per heavy atom. The summed E-state index contributed by atoms with van der Waals surface area (Å²) in [6.45, 7) is 9.97. The second kappa shape index (κ2) is 5.31. The van der Waals surface area contributed by atoms with Gasteiger partial charge in [-0.25, -0.2) is 4.79 Å². The predicted molar refractivity (Wildman–Crippen MR) is 76.2 cm³/mol. The van der Waals surface area contributed by atoms with Gasteiger partial charge in [-0.1, -0.05) is 39.0 Å². The molecule has 0 radical (unpaired) electrons. The zero-order chi connectivity index (χ0) is 15.7. The van der Waals surface area contributed by atoms with Gasteiger partial charge in [0.1, 0.15) is 11.4 Å². The number of rotatable bonds is 5. The van der Waals surface area contributed by atoms with Crippen molar-refractivity contribution in [2.75, 3.05) is 0 Å². The van der Waals surface area contributed by atoms with E-state index in [1.807, 2.05) is 19.9 Å². The Balaban J connectivity index is 2.00. The van der Waals surface area contributed by atoms with Gasteiger partial charge in [0.15, 0.2) is 0 Å². The lowest BCUT2D eigenvalue weighted by molar-refractivity contribution is -0.179. The van der Waals surface area contributed by atoms with Gasteiger partial charge in [-0.15, -0.1) is 9.78 Å². The van der Waals surface area contributed by atoms with E-state index in [2.05, 4.69) is 20.8 Å². The summed E-state index contributed by atoms with van der Waals surface area (Å²) in [4.78, 5) is 21.7. The summed E-state index contributed by atoms with van der Waals surface area (Å²) in [7, 11) is 0. The van der Waals surface area contributed by atoms with Crippen LogP contribution in [-0.2, 0) is 19.3 Å². The SMILES string of the molecule is CC(C)(C)CC(C)(C)OC(=O)C1(Oc2ccccc2)OO1. The first-order valence-electron chi connectivity index (χ1n) is 6.96. The standard InChI is InChI=1S/C16H22O5/c1-14(2,3)11-15(4,5)19-13(17)16(20-21-16)18-12-9-7-6-8-10-12/h6-10H,11H2,1-5H3. The van der Waals surface area contributed by atoms with Crippen molar-refractivity contribution in [3.63, 3.8) is 0 Å². The maximum atomic E-state index is 12.2. The zero-order valence-electron chi connectivity index (χ0n) is 13.1. The molecule has 1 aromatic rings. The van der Waals surface area contributed by atoms with Gasteiger partial charge < -0.3 is 9.47 Å². The molecule has 2 rings (SSSR count). The molecule has 1 fully saturated rings. The van der Waals surface area contributed by atoms with Crippen molar-refractivity contribution >= 4 is 5.97 Å². The van der Waals surface area contributed by atoms with Crippen LogP contribution in [0.2, 0.25) is 0 Å². The average molecular weight is 294 g/mol. The number of benzene rings is 1. The molecule has 21 heavy (non-hydrogen) atoms.